The van der Waals surface area contributed by atoms with Crippen LogP contribution in [0.1, 0.15) is 40.5 Å². The fourth-order valence-electron chi connectivity index (χ4n) is 4.26. The number of nitrogens with zero attached hydrogens (tertiary/aromatic N) is 3. The molecular formula is C24H29FN4O4S. The van der Waals surface area contributed by atoms with E-state index in [-0.39, 0.29) is 37.1 Å². The molecule has 0 spiro atoms. The standard InChI is InChI=1S/C24H29FN4O4S/c1-13-10-29(11-14(2)33-13)18-7-6-16(8-17(18)25)9-26-22(30)21-15(3)20-23(32-5)27-19(12-31-4)28-24(20)34-21/h6-8,13-14H,9-12H2,1-5H3,(H,26,30). The Labute approximate surface area is 202 Å². The van der Waals surface area contributed by atoms with Crippen LogP contribution in [0.4, 0.5) is 10.1 Å². The van der Waals surface area contributed by atoms with Crippen molar-refractivity contribution in [2.75, 3.05) is 32.2 Å². The molecule has 0 saturated carbocycles. The van der Waals surface area contributed by atoms with Crippen LogP contribution in [0.2, 0.25) is 0 Å². The number of halogens is 1. The molecule has 1 saturated heterocycles. The van der Waals surface area contributed by atoms with E-state index in [0.717, 1.165) is 5.56 Å². The average molecular weight is 489 g/mol. The molecule has 8 nitrogen and oxygen atoms in total. The van der Waals surface area contributed by atoms with Gasteiger partial charge >= 0.3 is 0 Å². The van der Waals surface area contributed by atoms with E-state index in [9.17, 15) is 9.18 Å². The number of anilines is 1. The number of aromatic nitrogens is 2. The third-order valence-electron chi connectivity index (χ3n) is 5.70. The van der Waals surface area contributed by atoms with Crippen LogP contribution in [0.5, 0.6) is 5.88 Å². The van der Waals surface area contributed by atoms with Crippen LogP contribution < -0.4 is 15.0 Å². The summed E-state index contributed by atoms with van der Waals surface area (Å²) in [5, 5.41) is 3.60. The van der Waals surface area contributed by atoms with Gasteiger partial charge in [-0.25, -0.2) is 9.37 Å². The zero-order chi connectivity index (χ0) is 24.4. The topological polar surface area (TPSA) is 85.8 Å². The molecule has 34 heavy (non-hydrogen) atoms. The van der Waals surface area contributed by atoms with Gasteiger partial charge in [-0.15, -0.1) is 11.3 Å². The average Bonchev–Trinajstić information content (AvgIpc) is 3.13. The highest BCUT2D eigenvalue weighted by Crippen LogP contribution is 2.35. The third-order valence-corrected chi connectivity index (χ3v) is 6.89. The molecule has 182 valence electrons. The van der Waals surface area contributed by atoms with E-state index in [4.69, 9.17) is 14.2 Å². The molecule has 4 rings (SSSR count). The van der Waals surface area contributed by atoms with Gasteiger partial charge in [0, 0.05) is 26.7 Å². The van der Waals surface area contributed by atoms with Gasteiger partial charge in [0.25, 0.3) is 5.91 Å². The van der Waals surface area contributed by atoms with E-state index in [2.05, 4.69) is 15.3 Å². The van der Waals surface area contributed by atoms with Crippen molar-refractivity contribution in [3.8, 4) is 5.88 Å². The third kappa shape index (κ3) is 4.98. The molecule has 1 amide bonds. The van der Waals surface area contributed by atoms with E-state index in [1.807, 2.05) is 31.7 Å². The maximum atomic E-state index is 14.9. The van der Waals surface area contributed by atoms with Crippen LogP contribution >= 0.6 is 11.3 Å². The van der Waals surface area contributed by atoms with Crippen molar-refractivity contribution in [2.24, 2.45) is 0 Å². The number of morpholine rings is 1. The van der Waals surface area contributed by atoms with Crippen LogP contribution in [-0.2, 0) is 22.6 Å². The largest absolute Gasteiger partial charge is 0.480 e. The molecule has 1 fully saturated rings. The van der Waals surface area contributed by atoms with Gasteiger partial charge in [0.2, 0.25) is 5.88 Å². The number of amides is 1. The molecule has 3 aromatic rings. The number of carbonyl (C=O) groups excluding carboxylic acids is 1. The quantitative estimate of drug-likeness (QED) is 0.541. The molecule has 1 aromatic carbocycles. The molecule has 0 bridgehead atoms. The lowest BCUT2D eigenvalue weighted by molar-refractivity contribution is -0.00539. The molecule has 2 aromatic heterocycles. The van der Waals surface area contributed by atoms with Gasteiger partial charge in [-0.2, -0.15) is 4.98 Å². The Bertz CT molecular complexity index is 1190. The summed E-state index contributed by atoms with van der Waals surface area (Å²) in [5.74, 6) is 0.335. The summed E-state index contributed by atoms with van der Waals surface area (Å²) >= 11 is 1.27. The van der Waals surface area contributed by atoms with Crippen LogP contribution in [-0.4, -0.2) is 55.4 Å². The number of methoxy groups -OCH3 is 2. The van der Waals surface area contributed by atoms with Crippen LogP contribution in [0, 0.1) is 12.7 Å². The summed E-state index contributed by atoms with van der Waals surface area (Å²) in [5.41, 5.74) is 1.98. The van der Waals surface area contributed by atoms with E-state index < -0.39 is 0 Å². The Hall–Kier alpha value is -2.82. The Morgan fingerprint density at radius 1 is 1.26 bits per heavy atom. The first-order valence-corrected chi connectivity index (χ1v) is 11.9. The van der Waals surface area contributed by atoms with Crippen molar-refractivity contribution in [3.63, 3.8) is 0 Å². The Balaban J connectivity index is 1.49. The number of ether oxygens (including phenoxy) is 3. The molecule has 1 aliphatic heterocycles. The smallest absolute Gasteiger partial charge is 0.261 e. The van der Waals surface area contributed by atoms with Crippen molar-refractivity contribution in [1.29, 1.82) is 0 Å². The highest BCUT2D eigenvalue weighted by Gasteiger charge is 2.25. The van der Waals surface area contributed by atoms with Gasteiger partial charge in [-0.05, 0) is 44.0 Å². The Morgan fingerprint density at radius 2 is 2.00 bits per heavy atom. The molecule has 2 unspecified atom stereocenters. The first-order valence-electron chi connectivity index (χ1n) is 11.1. The zero-order valence-corrected chi connectivity index (χ0v) is 20.8. The molecule has 2 atom stereocenters. The molecule has 3 heterocycles. The van der Waals surface area contributed by atoms with Crippen LogP contribution in [0.3, 0.4) is 0 Å². The van der Waals surface area contributed by atoms with Gasteiger partial charge < -0.3 is 24.4 Å². The lowest BCUT2D eigenvalue weighted by atomic mass is 10.1. The lowest BCUT2D eigenvalue weighted by Gasteiger charge is -2.37. The number of nitrogens with one attached hydrogen (secondary N) is 1. The number of hydrogen-bond acceptors (Lipinski definition) is 8. The minimum atomic E-state index is -0.309. The van der Waals surface area contributed by atoms with Crippen molar-refractivity contribution in [1.82, 2.24) is 15.3 Å². The number of thiophene rings is 1. The van der Waals surface area contributed by atoms with E-state index in [1.165, 1.54) is 24.5 Å². The molecular weight excluding hydrogens is 459 g/mol. The van der Waals surface area contributed by atoms with Crippen LogP contribution in [0.15, 0.2) is 18.2 Å². The second-order valence-electron chi connectivity index (χ2n) is 8.45. The highest BCUT2D eigenvalue weighted by atomic mass is 32.1. The SMILES string of the molecule is COCc1nc(OC)c2c(C)c(C(=O)NCc3ccc(N4CC(C)OC(C)C4)c(F)c3)sc2n1. The van der Waals surface area contributed by atoms with Gasteiger partial charge in [0.1, 0.15) is 17.3 Å². The number of hydrogen-bond donors (Lipinski definition) is 1. The molecule has 1 N–H and O–H groups in total. The minimum Gasteiger partial charge on any atom is -0.480 e. The van der Waals surface area contributed by atoms with Crippen molar-refractivity contribution in [3.05, 3.63) is 45.8 Å². The fraction of sp³-hybridized carbons (Fsp3) is 0.458. The number of fused-ring (bicyclic) bond motifs is 1. The summed E-state index contributed by atoms with van der Waals surface area (Å²) in [6.45, 7) is 7.54. The first kappa shape index (κ1) is 24.3. The molecule has 1 aliphatic rings. The highest BCUT2D eigenvalue weighted by molar-refractivity contribution is 7.20. The Morgan fingerprint density at radius 3 is 2.65 bits per heavy atom. The Kier molecular flexibility index (Phi) is 7.30. The predicted octanol–water partition coefficient (Wildman–Crippen LogP) is 3.84. The molecule has 0 radical (unpaired) electrons. The minimum absolute atomic E-state index is 0.0422. The lowest BCUT2D eigenvalue weighted by Crippen LogP contribution is -2.45. The van der Waals surface area contributed by atoms with E-state index in [0.29, 0.717) is 51.1 Å². The normalized spacial score (nSPS) is 18.4. The number of carbonyl (C=O) groups is 1. The summed E-state index contributed by atoms with van der Waals surface area (Å²) in [7, 11) is 3.10. The van der Waals surface area contributed by atoms with Crippen molar-refractivity contribution in [2.45, 2.75) is 46.1 Å². The first-order chi connectivity index (χ1) is 16.3. The number of benzene rings is 1. The maximum Gasteiger partial charge on any atom is 0.261 e. The molecule has 0 aliphatic carbocycles. The monoisotopic (exact) mass is 488 g/mol. The fourth-order valence-corrected chi connectivity index (χ4v) is 5.36. The van der Waals surface area contributed by atoms with Gasteiger partial charge in [-0.3, -0.25) is 4.79 Å². The van der Waals surface area contributed by atoms with E-state index >= 15 is 0 Å². The summed E-state index contributed by atoms with van der Waals surface area (Å²) < 4.78 is 31.2. The summed E-state index contributed by atoms with van der Waals surface area (Å²) in [4.78, 5) is 25.0. The van der Waals surface area contributed by atoms with E-state index in [1.54, 1.807) is 13.2 Å². The van der Waals surface area contributed by atoms with Crippen molar-refractivity contribution >= 4 is 33.1 Å². The van der Waals surface area contributed by atoms with Gasteiger partial charge in [-0.1, -0.05) is 6.07 Å². The molecule has 10 heteroatoms. The zero-order valence-electron chi connectivity index (χ0n) is 20.0. The van der Waals surface area contributed by atoms with Gasteiger partial charge in [0.05, 0.1) is 35.3 Å². The second kappa shape index (κ2) is 10.2. The van der Waals surface area contributed by atoms with Crippen LogP contribution in [0.25, 0.3) is 10.2 Å². The van der Waals surface area contributed by atoms with Gasteiger partial charge in [0.15, 0.2) is 5.82 Å². The predicted molar refractivity (Wildman–Crippen MR) is 129 cm³/mol. The summed E-state index contributed by atoms with van der Waals surface area (Å²) in [6.07, 6.45) is 0.0844. The summed E-state index contributed by atoms with van der Waals surface area (Å²) in [6, 6.07) is 5.08. The number of aryl methyl sites for hydroxylation is 1. The number of rotatable bonds is 7. The second-order valence-corrected chi connectivity index (χ2v) is 9.45. The maximum absolute atomic E-state index is 14.9. The van der Waals surface area contributed by atoms with Crippen molar-refractivity contribution < 1.29 is 23.4 Å².